The Morgan fingerprint density at radius 3 is 2.41 bits per heavy atom. The van der Waals surface area contributed by atoms with Gasteiger partial charge in [0.15, 0.2) is 0 Å². The summed E-state index contributed by atoms with van der Waals surface area (Å²) in [6.07, 6.45) is 1.58. The van der Waals surface area contributed by atoms with E-state index in [4.69, 9.17) is 11.6 Å². The number of urea groups is 1. The first-order chi connectivity index (χ1) is 12.7. The van der Waals surface area contributed by atoms with Gasteiger partial charge in [0, 0.05) is 31.2 Å². The highest BCUT2D eigenvalue weighted by molar-refractivity contribution is 7.88. The van der Waals surface area contributed by atoms with Crippen LogP contribution in [0.4, 0.5) is 4.79 Å². The molecular weight excluding hydrogens is 392 g/mol. The molecule has 1 N–H and O–H groups in total. The number of halogens is 1. The molecule has 2 saturated heterocycles. The molecule has 2 aliphatic rings. The number of carbonyl (C=O) groups is 2. The smallest absolute Gasteiger partial charge is 0.319 e. The summed E-state index contributed by atoms with van der Waals surface area (Å²) in [5.74, 6) is -0.317. The Bertz CT molecular complexity index is 854. The zero-order chi connectivity index (χ0) is 19.8. The van der Waals surface area contributed by atoms with Crippen LogP contribution in [0.15, 0.2) is 24.3 Å². The van der Waals surface area contributed by atoms with E-state index < -0.39 is 21.6 Å². The predicted molar refractivity (Wildman–Crippen MR) is 102 cm³/mol. The lowest BCUT2D eigenvalue weighted by molar-refractivity contribution is -0.133. The SMILES string of the molecule is CCC1(c2cccc(Cl)c2)NC(=O)N(CN2CCN(S(C)(=O)=O)CC2)C1=O. The minimum atomic E-state index is -3.23. The van der Waals surface area contributed by atoms with Crippen molar-refractivity contribution in [2.75, 3.05) is 39.1 Å². The third-order valence-electron chi connectivity index (χ3n) is 5.17. The van der Waals surface area contributed by atoms with Gasteiger partial charge in [-0.25, -0.2) is 18.1 Å². The van der Waals surface area contributed by atoms with E-state index in [0.717, 1.165) is 0 Å². The van der Waals surface area contributed by atoms with E-state index in [-0.39, 0.29) is 12.6 Å². The maximum Gasteiger partial charge on any atom is 0.326 e. The Balaban J connectivity index is 1.75. The molecule has 0 saturated carbocycles. The molecule has 1 aromatic rings. The fourth-order valence-corrected chi connectivity index (χ4v) is 4.57. The molecule has 2 fully saturated rings. The Kier molecular flexibility index (Phi) is 5.49. The van der Waals surface area contributed by atoms with E-state index in [1.165, 1.54) is 15.5 Å². The number of piperazine rings is 1. The Hall–Kier alpha value is -1.68. The van der Waals surface area contributed by atoms with Crippen LogP contribution in [0.1, 0.15) is 18.9 Å². The molecule has 10 heteroatoms. The molecule has 3 rings (SSSR count). The average Bonchev–Trinajstić information content (AvgIpc) is 2.86. The van der Waals surface area contributed by atoms with Gasteiger partial charge >= 0.3 is 6.03 Å². The summed E-state index contributed by atoms with van der Waals surface area (Å²) in [4.78, 5) is 28.8. The van der Waals surface area contributed by atoms with Gasteiger partial charge in [-0.1, -0.05) is 30.7 Å². The van der Waals surface area contributed by atoms with Gasteiger partial charge in [0.05, 0.1) is 12.9 Å². The minimum Gasteiger partial charge on any atom is -0.319 e. The van der Waals surface area contributed by atoms with Gasteiger partial charge in [0.2, 0.25) is 10.0 Å². The number of amides is 3. The van der Waals surface area contributed by atoms with Crippen LogP contribution in [0.25, 0.3) is 0 Å². The molecule has 2 heterocycles. The van der Waals surface area contributed by atoms with Gasteiger partial charge in [0.1, 0.15) is 5.54 Å². The molecule has 2 aliphatic heterocycles. The third kappa shape index (κ3) is 3.82. The fourth-order valence-electron chi connectivity index (χ4n) is 3.55. The zero-order valence-corrected chi connectivity index (χ0v) is 16.9. The van der Waals surface area contributed by atoms with Crippen LogP contribution in [0.2, 0.25) is 5.02 Å². The molecule has 148 valence electrons. The lowest BCUT2D eigenvalue weighted by Crippen LogP contribution is -2.52. The largest absolute Gasteiger partial charge is 0.326 e. The first-order valence-electron chi connectivity index (χ1n) is 8.75. The second-order valence-corrected chi connectivity index (χ2v) is 9.27. The van der Waals surface area contributed by atoms with Crippen LogP contribution in [0.5, 0.6) is 0 Å². The standard InChI is InChI=1S/C17H23ClN4O4S/c1-3-17(13-5-4-6-14(18)11-13)15(23)22(16(24)19-17)12-20-7-9-21(10-8-20)27(2,25)26/h4-6,11H,3,7-10,12H2,1-2H3,(H,19,24). The van der Waals surface area contributed by atoms with Gasteiger partial charge in [-0.3, -0.25) is 9.69 Å². The molecule has 0 radical (unpaired) electrons. The van der Waals surface area contributed by atoms with Crippen molar-refractivity contribution in [1.29, 1.82) is 0 Å². The first kappa shape index (κ1) is 20.1. The third-order valence-corrected chi connectivity index (χ3v) is 6.70. The summed E-state index contributed by atoms with van der Waals surface area (Å²) < 4.78 is 24.6. The number of nitrogens with zero attached hydrogens (tertiary/aromatic N) is 3. The Labute approximate surface area is 164 Å². The molecule has 0 spiro atoms. The van der Waals surface area contributed by atoms with Crippen molar-refractivity contribution in [2.24, 2.45) is 0 Å². The number of rotatable bonds is 5. The van der Waals surface area contributed by atoms with Crippen LogP contribution in [-0.4, -0.2) is 73.6 Å². The quantitative estimate of drug-likeness (QED) is 0.727. The molecule has 0 bridgehead atoms. The molecule has 0 aliphatic carbocycles. The first-order valence-corrected chi connectivity index (χ1v) is 11.0. The minimum absolute atomic E-state index is 0.130. The van der Waals surface area contributed by atoms with Crippen LogP contribution < -0.4 is 5.32 Å². The van der Waals surface area contributed by atoms with Crippen molar-refractivity contribution < 1.29 is 18.0 Å². The van der Waals surface area contributed by atoms with E-state index in [1.807, 2.05) is 11.8 Å². The average molecular weight is 415 g/mol. The Morgan fingerprint density at radius 2 is 1.85 bits per heavy atom. The van der Waals surface area contributed by atoms with Crippen molar-refractivity contribution in [1.82, 2.24) is 19.4 Å². The lowest BCUT2D eigenvalue weighted by atomic mass is 9.87. The van der Waals surface area contributed by atoms with Gasteiger partial charge < -0.3 is 5.32 Å². The van der Waals surface area contributed by atoms with E-state index in [0.29, 0.717) is 43.2 Å². The van der Waals surface area contributed by atoms with E-state index in [2.05, 4.69) is 5.32 Å². The highest BCUT2D eigenvalue weighted by Crippen LogP contribution is 2.33. The number of hydrogen-bond acceptors (Lipinski definition) is 5. The van der Waals surface area contributed by atoms with Crippen LogP contribution in [0, 0.1) is 0 Å². The number of carbonyl (C=O) groups excluding carboxylic acids is 2. The molecular formula is C17H23ClN4O4S. The predicted octanol–water partition coefficient (Wildman–Crippen LogP) is 1.03. The van der Waals surface area contributed by atoms with Gasteiger partial charge in [0.25, 0.3) is 5.91 Å². The maximum absolute atomic E-state index is 13.1. The second-order valence-electron chi connectivity index (χ2n) is 6.85. The highest BCUT2D eigenvalue weighted by Gasteiger charge is 2.51. The number of nitrogens with one attached hydrogen (secondary N) is 1. The molecule has 1 aromatic carbocycles. The fraction of sp³-hybridized carbons (Fsp3) is 0.529. The van der Waals surface area contributed by atoms with Crippen molar-refractivity contribution in [3.63, 3.8) is 0 Å². The zero-order valence-electron chi connectivity index (χ0n) is 15.3. The summed E-state index contributed by atoms with van der Waals surface area (Å²) in [6, 6.07) is 6.49. The van der Waals surface area contributed by atoms with E-state index in [9.17, 15) is 18.0 Å². The van der Waals surface area contributed by atoms with Gasteiger partial charge in [-0.15, -0.1) is 0 Å². The molecule has 3 amide bonds. The van der Waals surface area contributed by atoms with Crippen LogP contribution in [-0.2, 0) is 20.4 Å². The number of benzene rings is 1. The van der Waals surface area contributed by atoms with E-state index in [1.54, 1.807) is 24.3 Å². The summed E-state index contributed by atoms with van der Waals surface area (Å²) in [7, 11) is -3.23. The molecule has 0 aromatic heterocycles. The topological polar surface area (TPSA) is 90.0 Å². The monoisotopic (exact) mass is 414 g/mol. The summed E-state index contributed by atoms with van der Waals surface area (Å²) in [6.45, 7) is 3.57. The van der Waals surface area contributed by atoms with E-state index >= 15 is 0 Å². The summed E-state index contributed by atoms with van der Waals surface area (Å²) in [5.41, 5.74) is -0.475. The molecule has 27 heavy (non-hydrogen) atoms. The number of hydrogen-bond donors (Lipinski definition) is 1. The van der Waals surface area contributed by atoms with Gasteiger partial charge in [-0.05, 0) is 24.1 Å². The van der Waals surface area contributed by atoms with Crippen molar-refractivity contribution in [3.05, 3.63) is 34.9 Å². The van der Waals surface area contributed by atoms with Crippen LogP contribution >= 0.6 is 11.6 Å². The molecule has 1 unspecified atom stereocenters. The maximum atomic E-state index is 13.1. The number of sulfonamides is 1. The van der Waals surface area contributed by atoms with Gasteiger partial charge in [-0.2, -0.15) is 4.31 Å². The normalized spacial score (nSPS) is 25.1. The van der Waals surface area contributed by atoms with Crippen molar-refractivity contribution >= 4 is 33.6 Å². The lowest BCUT2D eigenvalue weighted by Gasteiger charge is -2.35. The summed E-state index contributed by atoms with van der Waals surface area (Å²) in [5, 5.41) is 3.33. The van der Waals surface area contributed by atoms with Crippen LogP contribution in [0.3, 0.4) is 0 Å². The Morgan fingerprint density at radius 1 is 1.19 bits per heavy atom. The van der Waals surface area contributed by atoms with Crippen molar-refractivity contribution in [3.8, 4) is 0 Å². The second kappa shape index (κ2) is 7.38. The van der Waals surface area contributed by atoms with Crippen molar-refractivity contribution in [2.45, 2.75) is 18.9 Å². The molecule has 8 nitrogen and oxygen atoms in total. The highest BCUT2D eigenvalue weighted by atomic mass is 35.5. The summed E-state index contributed by atoms with van der Waals surface area (Å²) >= 11 is 6.07. The number of imide groups is 1. The molecule has 1 atom stereocenters.